The average Bonchev–Trinajstić information content (AvgIpc) is 3.50. The lowest BCUT2D eigenvalue weighted by atomic mass is 9.98. The second kappa shape index (κ2) is 8.24. The zero-order chi connectivity index (χ0) is 21.5. The highest BCUT2D eigenvalue weighted by Crippen LogP contribution is 2.38. The Morgan fingerprint density at radius 1 is 1.10 bits per heavy atom. The third kappa shape index (κ3) is 4.19. The van der Waals surface area contributed by atoms with E-state index in [1.54, 1.807) is 11.3 Å². The van der Waals surface area contributed by atoms with Gasteiger partial charge < -0.3 is 14.9 Å². The molecule has 3 heterocycles. The monoisotopic (exact) mass is 436 g/mol. The van der Waals surface area contributed by atoms with E-state index in [4.69, 9.17) is 0 Å². The van der Waals surface area contributed by atoms with Crippen LogP contribution in [0, 0.1) is 6.92 Å². The van der Waals surface area contributed by atoms with Crippen LogP contribution in [0.25, 0.3) is 16.0 Å². The van der Waals surface area contributed by atoms with E-state index in [-0.39, 0.29) is 17.9 Å². The van der Waals surface area contributed by atoms with E-state index in [2.05, 4.69) is 24.6 Å². The van der Waals surface area contributed by atoms with Gasteiger partial charge in [-0.1, -0.05) is 6.07 Å². The first-order valence-corrected chi connectivity index (χ1v) is 12.1. The molecular weight excluding hydrogens is 408 g/mol. The number of carbonyl (C=O) groups is 2. The van der Waals surface area contributed by atoms with Crippen LogP contribution in [-0.4, -0.2) is 52.0 Å². The molecule has 3 aliphatic rings. The SMILES string of the molecule is Cc1cc(C(=O)N2CCC(O)CC2)ccc1-c1cc(C2=CN(C3CC3)C(=O)CC2)cs1. The molecule has 5 rings (SSSR count). The number of aryl methyl sites for hydroxylation is 1. The van der Waals surface area contributed by atoms with Crippen molar-refractivity contribution in [1.82, 2.24) is 9.80 Å². The molecule has 1 N–H and O–H groups in total. The lowest BCUT2D eigenvalue weighted by Crippen LogP contribution is -2.40. The molecule has 0 atom stereocenters. The first-order valence-electron chi connectivity index (χ1n) is 11.2. The van der Waals surface area contributed by atoms with E-state index < -0.39 is 0 Å². The Bertz CT molecular complexity index is 1040. The molecule has 31 heavy (non-hydrogen) atoms. The highest BCUT2D eigenvalue weighted by Gasteiger charge is 2.33. The third-order valence-electron chi connectivity index (χ3n) is 6.59. The molecule has 1 aliphatic carbocycles. The Morgan fingerprint density at radius 2 is 1.87 bits per heavy atom. The van der Waals surface area contributed by atoms with Gasteiger partial charge in [-0.15, -0.1) is 11.3 Å². The van der Waals surface area contributed by atoms with E-state index >= 15 is 0 Å². The van der Waals surface area contributed by atoms with Gasteiger partial charge >= 0.3 is 0 Å². The number of piperidine rings is 1. The van der Waals surface area contributed by atoms with Crippen molar-refractivity contribution in [1.29, 1.82) is 0 Å². The fraction of sp³-hybridized carbons (Fsp3) is 0.440. The summed E-state index contributed by atoms with van der Waals surface area (Å²) >= 11 is 1.71. The molecule has 0 unspecified atom stereocenters. The number of aliphatic hydroxyl groups is 1. The molecule has 2 amide bonds. The molecule has 162 valence electrons. The maximum Gasteiger partial charge on any atom is 0.253 e. The number of nitrogens with zero attached hydrogens (tertiary/aromatic N) is 2. The topological polar surface area (TPSA) is 60.9 Å². The van der Waals surface area contributed by atoms with Crippen LogP contribution >= 0.6 is 11.3 Å². The number of benzene rings is 1. The molecule has 0 spiro atoms. The number of thiophene rings is 1. The van der Waals surface area contributed by atoms with Crippen LogP contribution in [0.5, 0.6) is 0 Å². The largest absolute Gasteiger partial charge is 0.393 e. The Morgan fingerprint density at radius 3 is 2.58 bits per heavy atom. The number of amides is 2. The van der Waals surface area contributed by atoms with Gasteiger partial charge in [0.1, 0.15) is 0 Å². The maximum absolute atomic E-state index is 12.8. The van der Waals surface area contributed by atoms with E-state index in [0.717, 1.165) is 30.4 Å². The summed E-state index contributed by atoms with van der Waals surface area (Å²) in [5, 5.41) is 11.9. The van der Waals surface area contributed by atoms with Crippen molar-refractivity contribution in [2.45, 2.75) is 57.6 Å². The predicted molar refractivity (Wildman–Crippen MR) is 123 cm³/mol. The van der Waals surface area contributed by atoms with Crippen LogP contribution in [0.15, 0.2) is 35.8 Å². The van der Waals surface area contributed by atoms with Crippen LogP contribution in [0.1, 0.15) is 60.0 Å². The minimum Gasteiger partial charge on any atom is -0.393 e. The van der Waals surface area contributed by atoms with Gasteiger partial charge in [-0.05, 0) is 84.9 Å². The summed E-state index contributed by atoms with van der Waals surface area (Å²) < 4.78 is 0. The van der Waals surface area contributed by atoms with E-state index in [9.17, 15) is 14.7 Å². The fourth-order valence-electron chi connectivity index (χ4n) is 4.53. The van der Waals surface area contributed by atoms with Crippen molar-refractivity contribution in [3.63, 3.8) is 0 Å². The third-order valence-corrected chi connectivity index (χ3v) is 7.56. The molecule has 0 bridgehead atoms. The molecule has 1 saturated heterocycles. The first-order chi connectivity index (χ1) is 15.0. The number of carbonyl (C=O) groups excluding carboxylic acids is 2. The Balaban J connectivity index is 1.34. The summed E-state index contributed by atoms with van der Waals surface area (Å²) in [6.07, 6.45) is 6.72. The molecule has 0 radical (unpaired) electrons. The maximum atomic E-state index is 12.8. The molecular formula is C25H28N2O3S. The molecule has 1 aromatic heterocycles. The minimum absolute atomic E-state index is 0.0469. The second-order valence-corrected chi connectivity index (χ2v) is 9.85. The van der Waals surface area contributed by atoms with E-state index in [0.29, 0.717) is 44.0 Å². The molecule has 6 heteroatoms. The summed E-state index contributed by atoms with van der Waals surface area (Å²) in [6, 6.07) is 8.58. The summed E-state index contributed by atoms with van der Waals surface area (Å²) in [4.78, 5) is 30.0. The molecule has 1 saturated carbocycles. The van der Waals surface area contributed by atoms with E-state index in [1.165, 1.54) is 16.0 Å². The Labute approximate surface area is 187 Å². The van der Waals surface area contributed by atoms with E-state index in [1.807, 2.05) is 28.0 Å². The van der Waals surface area contributed by atoms with Crippen molar-refractivity contribution in [2.75, 3.05) is 13.1 Å². The smallest absolute Gasteiger partial charge is 0.253 e. The lowest BCUT2D eigenvalue weighted by molar-refractivity contribution is -0.129. The van der Waals surface area contributed by atoms with Crippen LogP contribution in [0.3, 0.4) is 0 Å². The summed E-state index contributed by atoms with van der Waals surface area (Å²) in [6.45, 7) is 3.29. The van der Waals surface area contributed by atoms with Crippen LogP contribution in [0.4, 0.5) is 0 Å². The Kier molecular flexibility index (Phi) is 5.44. The lowest BCUT2D eigenvalue weighted by Gasteiger charge is -2.29. The number of allylic oxidation sites excluding steroid dienone is 1. The van der Waals surface area contributed by atoms with Gasteiger partial charge in [-0.25, -0.2) is 0 Å². The summed E-state index contributed by atoms with van der Waals surface area (Å²) in [7, 11) is 0. The normalized spacial score (nSPS) is 20.2. The number of rotatable bonds is 4. The van der Waals surface area contributed by atoms with Crippen molar-refractivity contribution in [3.05, 3.63) is 52.5 Å². The molecule has 1 aromatic carbocycles. The van der Waals surface area contributed by atoms with Crippen molar-refractivity contribution in [2.24, 2.45) is 0 Å². The van der Waals surface area contributed by atoms with Crippen LogP contribution in [-0.2, 0) is 4.79 Å². The number of hydrogen-bond acceptors (Lipinski definition) is 4. The quantitative estimate of drug-likeness (QED) is 0.771. The summed E-state index contributed by atoms with van der Waals surface area (Å²) in [5.41, 5.74) is 5.38. The van der Waals surface area contributed by atoms with Crippen molar-refractivity contribution >= 4 is 28.7 Å². The van der Waals surface area contributed by atoms with Gasteiger partial charge in [0.05, 0.1) is 6.10 Å². The van der Waals surface area contributed by atoms with Crippen LogP contribution in [0.2, 0.25) is 0 Å². The first kappa shape index (κ1) is 20.5. The molecule has 2 aromatic rings. The van der Waals surface area contributed by atoms with Gasteiger partial charge in [0.25, 0.3) is 5.91 Å². The highest BCUT2D eigenvalue weighted by atomic mass is 32.1. The standard InChI is InChI=1S/C25H28N2O3S/c1-16-12-17(25(30)26-10-8-21(28)9-11-26)2-6-22(16)23-13-19(15-31-23)18-3-7-24(29)27(14-18)20-4-5-20/h2,6,12-15,20-21,28H,3-5,7-11H2,1H3. The van der Waals surface area contributed by atoms with Crippen molar-refractivity contribution < 1.29 is 14.7 Å². The average molecular weight is 437 g/mol. The fourth-order valence-corrected chi connectivity index (χ4v) is 5.55. The zero-order valence-corrected chi connectivity index (χ0v) is 18.7. The second-order valence-electron chi connectivity index (χ2n) is 8.94. The zero-order valence-electron chi connectivity index (χ0n) is 17.8. The molecule has 2 aliphatic heterocycles. The predicted octanol–water partition coefficient (Wildman–Crippen LogP) is 4.45. The van der Waals surface area contributed by atoms with Gasteiger partial charge in [0.2, 0.25) is 5.91 Å². The van der Waals surface area contributed by atoms with Gasteiger partial charge in [0, 0.05) is 42.2 Å². The van der Waals surface area contributed by atoms with Crippen molar-refractivity contribution in [3.8, 4) is 10.4 Å². The highest BCUT2D eigenvalue weighted by molar-refractivity contribution is 7.13. The van der Waals surface area contributed by atoms with Gasteiger partial charge in [-0.3, -0.25) is 9.59 Å². The number of hydrogen-bond donors (Lipinski definition) is 1. The van der Waals surface area contributed by atoms with Gasteiger partial charge in [0.15, 0.2) is 0 Å². The minimum atomic E-state index is -0.282. The molecule has 2 fully saturated rings. The van der Waals surface area contributed by atoms with Crippen LogP contribution < -0.4 is 0 Å². The number of aliphatic hydroxyl groups excluding tert-OH is 1. The Hall–Kier alpha value is -2.44. The number of likely N-dealkylation sites (tertiary alicyclic amines) is 1. The van der Waals surface area contributed by atoms with Gasteiger partial charge in [-0.2, -0.15) is 0 Å². The summed E-state index contributed by atoms with van der Waals surface area (Å²) in [5.74, 6) is 0.298. The molecule has 5 nitrogen and oxygen atoms in total.